The summed E-state index contributed by atoms with van der Waals surface area (Å²) in [6.07, 6.45) is 0.823. The third-order valence-corrected chi connectivity index (χ3v) is 5.14. The van der Waals surface area contributed by atoms with Crippen LogP contribution >= 0.6 is 11.6 Å². The number of hydrogen-bond acceptors (Lipinski definition) is 3. The Morgan fingerprint density at radius 1 is 0.767 bits per heavy atom. The van der Waals surface area contributed by atoms with Gasteiger partial charge in [-0.3, -0.25) is 4.79 Å². The van der Waals surface area contributed by atoms with Crippen molar-refractivity contribution in [3.05, 3.63) is 101 Å². The number of carbonyl (C=O) groups excluding carboxylic acids is 1. The first kappa shape index (κ1) is 21.7. The lowest BCUT2D eigenvalue weighted by molar-refractivity contribution is -0.115. The van der Waals surface area contributed by atoms with Crippen LogP contribution in [-0.4, -0.2) is 25.9 Å². The molecule has 3 nitrogen and oxygen atoms in total. The molecule has 0 atom stereocenters. The van der Waals surface area contributed by atoms with Crippen LogP contribution in [0.15, 0.2) is 84.4 Å². The molecule has 0 saturated carbocycles. The Kier molecular flexibility index (Phi) is 7.69. The molecule has 3 aromatic carbocycles. The van der Waals surface area contributed by atoms with E-state index < -0.39 is 0 Å². The number of rotatable bonds is 9. The molecule has 0 aliphatic carbocycles. The van der Waals surface area contributed by atoms with E-state index in [9.17, 15) is 4.79 Å². The third-order valence-electron chi connectivity index (χ3n) is 4.95. The molecule has 4 heteroatoms. The van der Waals surface area contributed by atoms with Gasteiger partial charge in [-0.1, -0.05) is 54.6 Å². The number of Topliss-reactive ketones (excluding diaryl/α,β-unsaturated/α-hetero) is 1. The maximum Gasteiger partial charge on any atom is 0.163 e. The van der Waals surface area contributed by atoms with Gasteiger partial charge in [0.2, 0.25) is 0 Å². The van der Waals surface area contributed by atoms with Gasteiger partial charge in [-0.05, 0) is 52.9 Å². The number of hydrogen-bond donors (Lipinski definition) is 0. The van der Waals surface area contributed by atoms with E-state index >= 15 is 0 Å². The zero-order chi connectivity index (χ0) is 21.3. The molecule has 0 bridgehead atoms. The molecular formula is C26H25ClO3. The third kappa shape index (κ3) is 5.31. The lowest BCUT2D eigenvalue weighted by atomic mass is 9.88. The molecule has 3 rings (SSSR count). The topological polar surface area (TPSA) is 35.5 Å². The van der Waals surface area contributed by atoms with Gasteiger partial charge < -0.3 is 9.47 Å². The average Bonchev–Trinajstić information content (AvgIpc) is 2.80. The van der Waals surface area contributed by atoms with E-state index in [-0.39, 0.29) is 5.78 Å². The molecule has 0 N–H and O–H groups in total. The molecule has 0 heterocycles. The fourth-order valence-electron chi connectivity index (χ4n) is 3.42. The summed E-state index contributed by atoms with van der Waals surface area (Å²) in [6, 6.07) is 25.3. The van der Waals surface area contributed by atoms with E-state index in [0.29, 0.717) is 18.7 Å². The fourth-order valence-corrected chi connectivity index (χ4v) is 3.61. The van der Waals surface area contributed by atoms with Gasteiger partial charge in [0.1, 0.15) is 11.5 Å². The number of methoxy groups -OCH3 is 2. The van der Waals surface area contributed by atoms with Gasteiger partial charge in [0.05, 0.1) is 14.2 Å². The van der Waals surface area contributed by atoms with Crippen molar-refractivity contribution in [2.45, 2.75) is 12.8 Å². The second-order valence-electron chi connectivity index (χ2n) is 6.84. The summed E-state index contributed by atoms with van der Waals surface area (Å²) in [5.41, 5.74) is 4.49. The Morgan fingerprint density at radius 3 is 1.70 bits per heavy atom. The quantitative estimate of drug-likeness (QED) is 0.317. The van der Waals surface area contributed by atoms with Gasteiger partial charge in [-0.2, -0.15) is 0 Å². The molecule has 0 spiro atoms. The summed E-state index contributed by atoms with van der Waals surface area (Å²) < 4.78 is 10.6. The van der Waals surface area contributed by atoms with E-state index in [1.54, 1.807) is 14.2 Å². The molecule has 3 aromatic rings. The Labute approximate surface area is 182 Å². The zero-order valence-electron chi connectivity index (χ0n) is 17.2. The van der Waals surface area contributed by atoms with Crippen molar-refractivity contribution in [2.24, 2.45) is 0 Å². The van der Waals surface area contributed by atoms with Crippen molar-refractivity contribution in [1.82, 2.24) is 0 Å². The number of benzene rings is 3. The first-order valence-electron chi connectivity index (χ1n) is 9.81. The molecule has 0 radical (unpaired) electrons. The summed E-state index contributed by atoms with van der Waals surface area (Å²) in [5, 5.41) is 0. The molecule has 0 amide bonds. The van der Waals surface area contributed by atoms with Gasteiger partial charge >= 0.3 is 0 Å². The lowest BCUT2D eigenvalue weighted by Crippen LogP contribution is -2.11. The number of allylic oxidation sites excluding steroid dienone is 1. The minimum Gasteiger partial charge on any atom is -0.497 e. The summed E-state index contributed by atoms with van der Waals surface area (Å²) in [7, 11) is 3.27. The highest BCUT2D eigenvalue weighted by Crippen LogP contribution is 2.32. The lowest BCUT2D eigenvalue weighted by Gasteiger charge is -2.16. The predicted molar refractivity (Wildman–Crippen MR) is 123 cm³/mol. The van der Waals surface area contributed by atoms with Crippen LogP contribution in [0.25, 0.3) is 5.57 Å². The molecular weight excluding hydrogens is 396 g/mol. The Morgan fingerprint density at radius 2 is 1.27 bits per heavy atom. The molecule has 0 unspecified atom stereocenters. The molecule has 0 fully saturated rings. The largest absolute Gasteiger partial charge is 0.497 e. The maximum absolute atomic E-state index is 13.4. The van der Waals surface area contributed by atoms with Crippen molar-refractivity contribution < 1.29 is 14.3 Å². The van der Waals surface area contributed by atoms with Crippen molar-refractivity contribution in [1.29, 1.82) is 0 Å². The smallest absolute Gasteiger partial charge is 0.163 e. The molecule has 154 valence electrons. The number of carbonyl (C=O) groups is 1. The van der Waals surface area contributed by atoms with Crippen LogP contribution in [0.1, 0.15) is 23.1 Å². The highest BCUT2D eigenvalue weighted by molar-refractivity contribution is 6.19. The highest BCUT2D eigenvalue weighted by Gasteiger charge is 2.19. The van der Waals surface area contributed by atoms with Crippen LogP contribution in [-0.2, 0) is 11.2 Å². The first-order valence-corrected chi connectivity index (χ1v) is 10.3. The summed E-state index contributed by atoms with van der Waals surface area (Å²) in [4.78, 5) is 13.4. The molecule has 0 aromatic heterocycles. The average molecular weight is 421 g/mol. The van der Waals surface area contributed by atoms with E-state index in [1.807, 2.05) is 78.9 Å². The summed E-state index contributed by atoms with van der Waals surface area (Å²) >= 11 is 6.13. The van der Waals surface area contributed by atoms with Crippen LogP contribution in [0.2, 0.25) is 0 Å². The van der Waals surface area contributed by atoms with Gasteiger partial charge in [-0.15, -0.1) is 11.6 Å². The van der Waals surface area contributed by atoms with Crippen LogP contribution in [0, 0.1) is 0 Å². The van der Waals surface area contributed by atoms with E-state index in [1.165, 1.54) is 0 Å². The minimum absolute atomic E-state index is 0.0727. The van der Waals surface area contributed by atoms with Crippen LogP contribution in [0.5, 0.6) is 11.5 Å². The number of ether oxygens (including phenoxy) is 2. The second kappa shape index (κ2) is 10.7. The molecule has 0 saturated heterocycles. The van der Waals surface area contributed by atoms with E-state index in [4.69, 9.17) is 21.1 Å². The van der Waals surface area contributed by atoms with Crippen molar-refractivity contribution >= 4 is 23.0 Å². The highest BCUT2D eigenvalue weighted by atomic mass is 35.5. The van der Waals surface area contributed by atoms with Crippen LogP contribution in [0.4, 0.5) is 0 Å². The van der Waals surface area contributed by atoms with Crippen molar-refractivity contribution in [3.63, 3.8) is 0 Å². The van der Waals surface area contributed by atoms with Gasteiger partial charge in [0.15, 0.2) is 5.78 Å². The zero-order valence-corrected chi connectivity index (χ0v) is 18.0. The fraction of sp³-hybridized carbons (Fsp3) is 0.192. The second-order valence-corrected chi connectivity index (χ2v) is 7.21. The standard InChI is InChI=1S/C26H25ClO3/c1-29-22-12-8-20(9-13-22)26(21-10-14-23(30-2)15-11-21)24(16-17-27)25(28)18-19-6-4-3-5-7-19/h3-15H,16-18H2,1-2H3. The van der Waals surface area contributed by atoms with Crippen molar-refractivity contribution in [3.8, 4) is 11.5 Å². The minimum atomic E-state index is 0.0727. The SMILES string of the molecule is COc1ccc(C(=C(CCCl)C(=O)Cc2ccccc2)c2ccc(OC)cc2)cc1. The molecule has 0 aliphatic rings. The monoisotopic (exact) mass is 420 g/mol. The normalized spacial score (nSPS) is 10.4. The number of alkyl halides is 1. The van der Waals surface area contributed by atoms with E-state index in [0.717, 1.165) is 39.3 Å². The first-order chi connectivity index (χ1) is 14.7. The Balaban J connectivity index is 2.12. The van der Waals surface area contributed by atoms with Crippen LogP contribution < -0.4 is 9.47 Å². The summed E-state index contributed by atoms with van der Waals surface area (Å²) in [5.74, 6) is 1.97. The molecule has 30 heavy (non-hydrogen) atoms. The van der Waals surface area contributed by atoms with E-state index in [2.05, 4.69) is 0 Å². The Bertz CT molecular complexity index is 941. The van der Waals surface area contributed by atoms with Gasteiger partial charge in [0, 0.05) is 17.9 Å². The maximum atomic E-state index is 13.4. The van der Waals surface area contributed by atoms with Gasteiger partial charge in [-0.25, -0.2) is 0 Å². The number of ketones is 1. The van der Waals surface area contributed by atoms with Gasteiger partial charge in [0.25, 0.3) is 0 Å². The van der Waals surface area contributed by atoms with Crippen molar-refractivity contribution in [2.75, 3.05) is 20.1 Å². The predicted octanol–water partition coefficient (Wildman–Crippen LogP) is 5.95. The van der Waals surface area contributed by atoms with Crippen LogP contribution in [0.3, 0.4) is 0 Å². The Hall–Kier alpha value is -3.04. The number of halogens is 1. The molecule has 0 aliphatic heterocycles. The summed E-state index contributed by atoms with van der Waals surface area (Å²) in [6.45, 7) is 0.